The lowest BCUT2D eigenvalue weighted by molar-refractivity contribution is 1.18. The fourth-order valence-corrected chi connectivity index (χ4v) is 2.51. The van der Waals surface area contributed by atoms with Crippen molar-refractivity contribution < 1.29 is 0 Å². The van der Waals surface area contributed by atoms with Crippen molar-refractivity contribution in [2.75, 3.05) is 0 Å². The highest BCUT2D eigenvalue weighted by Crippen LogP contribution is 2.19. The molecule has 2 rings (SSSR count). The molecule has 0 nitrogen and oxygen atoms in total. The van der Waals surface area contributed by atoms with Gasteiger partial charge in [0.2, 0.25) is 0 Å². The zero-order valence-corrected chi connectivity index (χ0v) is 15.2. The molecule has 0 spiro atoms. The van der Waals surface area contributed by atoms with Gasteiger partial charge in [0.15, 0.2) is 0 Å². The van der Waals surface area contributed by atoms with E-state index >= 15 is 0 Å². The molecular weight excluding hydrogens is 252 g/mol. The first-order valence-corrected chi connectivity index (χ1v) is 7.74. The van der Waals surface area contributed by atoms with Gasteiger partial charge >= 0.3 is 0 Å². The van der Waals surface area contributed by atoms with Crippen molar-refractivity contribution in [1.29, 1.82) is 0 Å². The fraction of sp³-hybridized carbons (Fsp3) is 0.429. The molecule has 2 aromatic rings. The van der Waals surface area contributed by atoms with Gasteiger partial charge in [0.05, 0.1) is 0 Å². The second-order valence-corrected chi connectivity index (χ2v) is 6.33. The molecule has 2 aromatic carbocycles. The number of aryl methyl sites for hydroxylation is 4. The maximum atomic E-state index is 2.26. The monoisotopic (exact) mass is 282 g/mol. The van der Waals surface area contributed by atoms with Gasteiger partial charge in [-0.15, -0.1) is 0 Å². The molecule has 0 amide bonds. The number of hydrogen-bond donors (Lipinski definition) is 0. The topological polar surface area (TPSA) is 0 Å². The van der Waals surface area contributed by atoms with Gasteiger partial charge in [0.1, 0.15) is 0 Å². The van der Waals surface area contributed by atoms with E-state index in [0.717, 1.165) is 0 Å². The minimum absolute atomic E-state index is 1.39. The summed E-state index contributed by atoms with van der Waals surface area (Å²) in [5.74, 6) is 0. The predicted octanol–water partition coefficient (Wildman–Crippen LogP) is 6.15. The molecule has 114 valence electrons. The fourth-order valence-electron chi connectivity index (χ4n) is 2.51. The van der Waals surface area contributed by atoms with Crippen LogP contribution in [0.5, 0.6) is 0 Å². The highest BCUT2D eigenvalue weighted by atomic mass is 14.1. The molecule has 0 unspecified atom stereocenters. The average Bonchev–Trinajstić information content (AvgIpc) is 2.45. The largest absolute Gasteiger partial charge is 0.0588 e. The van der Waals surface area contributed by atoms with E-state index in [1.807, 2.05) is 0 Å². The Morgan fingerprint density at radius 3 is 1.00 bits per heavy atom. The highest BCUT2D eigenvalue weighted by molar-refractivity contribution is 5.42. The molecule has 0 aliphatic heterocycles. The molecule has 0 bridgehead atoms. The van der Waals surface area contributed by atoms with Crippen LogP contribution in [0.15, 0.2) is 18.2 Å². The van der Waals surface area contributed by atoms with E-state index in [-0.39, 0.29) is 0 Å². The summed E-state index contributed by atoms with van der Waals surface area (Å²) in [6.07, 6.45) is 0. The van der Waals surface area contributed by atoms with Crippen molar-refractivity contribution in [2.45, 2.75) is 62.3 Å². The van der Waals surface area contributed by atoms with Gasteiger partial charge in [-0.25, -0.2) is 0 Å². The third-order valence-corrected chi connectivity index (χ3v) is 5.07. The molecule has 0 aliphatic carbocycles. The molecule has 21 heavy (non-hydrogen) atoms. The van der Waals surface area contributed by atoms with Crippen LogP contribution in [-0.4, -0.2) is 0 Å². The van der Waals surface area contributed by atoms with Gasteiger partial charge in [-0.1, -0.05) is 18.2 Å². The van der Waals surface area contributed by atoms with E-state index in [4.69, 9.17) is 0 Å². The van der Waals surface area contributed by atoms with Crippen LogP contribution in [0, 0.1) is 62.3 Å². The maximum Gasteiger partial charge on any atom is -0.0392 e. The van der Waals surface area contributed by atoms with E-state index in [1.165, 1.54) is 50.1 Å². The van der Waals surface area contributed by atoms with E-state index in [2.05, 4.69) is 80.5 Å². The molecule has 0 saturated heterocycles. The molecule has 0 atom stereocenters. The van der Waals surface area contributed by atoms with Crippen molar-refractivity contribution in [3.63, 3.8) is 0 Å². The molecule has 0 fully saturated rings. The quantitative estimate of drug-likeness (QED) is 0.543. The van der Waals surface area contributed by atoms with Crippen LogP contribution in [0.25, 0.3) is 0 Å². The first kappa shape index (κ1) is 17.5. The summed E-state index contributed by atoms with van der Waals surface area (Å²) in [7, 11) is 0. The summed E-state index contributed by atoms with van der Waals surface area (Å²) < 4.78 is 0. The lowest BCUT2D eigenvalue weighted by Crippen LogP contribution is -1.93. The molecule has 0 heterocycles. The molecule has 0 radical (unpaired) electrons. The van der Waals surface area contributed by atoms with Gasteiger partial charge in [-0.3, -0.25) is 0 Å². The van der Waals surface area contributed by atoms with Crippen molar-refractivity contribution >= 4 is 0 Å². The van der Waals surface area contributed by atoms with Crippen molar-refractivity contribution in [1.82, 2.24) is 0 Å². The Kier molecular flexibility index (Phi) is 5.78. The Morgan fingerprint density at radius 2 is 0.667 bits per heavy atom. The van der Waals surface area contributed by atoms with Gasteiger partial charge in [0, 0.05) is 0 Å². The number of hydrogen-bond acceptors (Lipinski definition) is 0. The normalized spacial score (nSPS) is 10.1. The average molecular weight is 282 g/mol. The Hall–Kier alpha value is -1.56. The minimum atomic E-state index is 1.39. The first-order valence-electron chi connectivity index (χ1n) is 7.74. The zero-order chi connectivity index (χ0) is 16.3. The van der Waals surface area contributed by atoms with Gasteiger partial charge in [-0.2, -0.15) is 0 Å². The standard InChI is InChI=1S/C11H16.C10H14/c1-7-6-8(2)10(4)11(5)9(7)3;1-7-5-6-8(2)10(4)9(7)3/h6H,1-5H3;5-6H,1-4H3. The van der Waals surface area contributed by atoms with Gasteiger partial charge < -0.3 is 0 Å². The SMILES string of the molecule is Cc1cc(C)c(C)c(C)c1C.Cc1ccc(C)c(C)c1C. The summed E-state index contributed by atoms with van der Waals surface area (Å²) in [6.45, 7) is 19.6. The first-order chi connectivity index (χ1) is 9.66. The molecule has 0 aliphatic rings. The molecular formula is C21H30. The molecule has 0 saturated carbocycles. The van der Waals surface area contributed by atoms with Crippen molar-refractivity contribution in [3.8, 4) is 0 Å². The van der Waals surface area contributed by atoms with Gasteiger partial charge in [-0.05, 0) is 112 Å². The summed E-state index contributed by atoms with van der Waals surface area (Å²) in [4.78, 5) is 0. The van der Waals surface area contributed by atoms with E-state index in [1.54, 1.807) is 0 Å². The Balaban J connectivity index is 0.000000211. The van der Waals surface area contributed by atoms with Crippen molar-refractivity contribution in [3.05, 3.63) is 68.3 Å². The molecule has 0 heteroatoms. The second-order valence-electron chi connectivity index (χ2n) is 6.33. The van der Waals surface area contributed by atoms with Crippen LogP contribution in [0.1, 0.15) is 50.1 Å². The summed E-state index contributed by atoms with van der Waals surface area (Å²) in [5.41, 5.74) is 12.8. The summed E-state index contributed by atoms with van der Waals surface area (Å²) in [6, 6.07) is 6.62. The maximum absolute atomic E-state index is 2.26. The molecule has 0 aromatic heterocycles. The minimum Gasteiger partial charge on any atom is -0.0588 e. The van der Waals surface area contributed by atoms with Crippen LogP contribution in [-0.2, 0) is 0 Å². The van der Waals surface area contributed by atoms with Crippen LogP contribution in [0.3, 0.4) is 0 Å². The smallest absolute Gasteiger partial charge is 0.0392 e. The van der Waals surface area contributed by atoms with Crippen LogP contribution in [0.2, 0.25) is 0 Å². The van der Waals surface area contributed by atoms with Crippen molar-refractivity contribution in [2.24, 2.45) is 0 Å². The van der Waals surface area contributed by atoms with Crippen LogP contribution >= 0.6 is 0 Å². The number of rotatable bonds is 0. The third kappa shape index (κ3) is 3.97. The van der Waals surface area contributed by atoms with Crippen LogP contribution in [0.4, 0.5) is 0 Å². The van der Waals surface area contributed by atoms with Gasteiger partial charge in [0.25, 0.3) is 0 Å². The Bertz CT molecular complexity index is 593. The summed E-state index contributed by atoms with van der Waals surface area (Å²) in [5, 5.41) is 0. The lowest BCUT2D eigenvalue weighted by Gasteiger charge is -2.10. The number of benzene rings is 2. The van der Waals surface area contributed by atoms with E-state index in [9.17, 15) is 0 Å². The lowest BCUT2D eigenvalue weighted by atomic mass is 9.96. The van der Waals surface area contributed by atoms with E-state index in [0.29, 0.717) is 0 Å². The highest BCUT2D eigenvalue weighted by Gasteiger charge is 2.02. The predicted molar refractivity (Wildman–Crippen MR) is 95.5 cm³/mol. The Labute approximate surface area is 131 Å². The second kappa shape index (κ2) is 6.93. The van der Waals surface area contributed by atoms with E-state index < -0.39 is 0 Å². The Morgan fingerprint density at radius 1 is 0.381 bits per heavy atom. The molecule has 0 N–H and O–H groups in total. The van der Waals surface area contributed by atoms with Crippen LogP contribution < -0.4 is 0 Å². The zero-order valence-electron chi connectivity index (χ0n) is 15.2. The third-order valence-electron chi connectivity index (χ3n) is 5.07. The summed E-state index contributed by atoms with van der Waals surface area (Å²) >= 11 is 0.